The van der Waals surface area contributed by atoms with Gasteiger partial charge < -0.3 is 10.2 Å². The molecule has 0 bridgehead atoms. The van der Waals surface area contributed by atoms with Gasteiger partial charge in [0.25, 0.3) is 0 Å². The van der Waals surface area contributed by atoms with Crippen molar-refractivity contribution in [3.63, 3.8) is 0 Å². The van der Waals surface area contributed by atoms with Gasteiger partial charge in [-0.3, -0.25) is 14.8 Å². The van der Waals surface area contributed by atoms with E-state index in [9.17, 15) is 4.79 Å². The first-order chi connectivity index (χ1) is 24.9. The topological polar surface area (TPSA) is 58.1 Å². The number of nitrogens with one attached hydrogen (secondary N) is 1. The highest BCUT2D eigenvalue weighted by molar-refractivity contribution is 6.32. The summed E-state index contributed by atoms with van der Waals surface area (Å²) in [7, 11) is 0. The van der Waals surface area contributed by atoms with Crippen LogP contribution in [-0.4, -0.2) is 47.0 Å². The van der Waals surface area contributed by atoms with E-state index in [1.165, 1.54) is 63.0 Å². The molecular formula is C44H48Cl2N4O. The number of carbonyl (C=O) groups excluding carboxylic acids is 1. The lowest BCUT2D eigenvalue weighted by atomic mass is 9.76. The summed E-state index contributed by atoms with van der Waals surface area (Å²) in [5.74, 6) is 1.87. The molecule has 51 heavy (non-hydrogen) atoms. The third-order valence-electron chi connectivity index (χ3n) is 11.5. The molecule has 2 atom stereocenters. The van der Waals surface area contributed by atoms with E-state index in [0.29, 0.717) is 17.8 Å². The zero-order chi connectivity index (χ0) is 35.5. The van der Waals surface area contributed by atoms with Crippen LogP contribution < -0.4 is 5.32 Å². The van der Waals surface area contributed by atoms with Gasteiger partial charge in [-0.15, -0.1) is 0 Å². The number of pyridine rings is 2. The van der Waals surface area contributed by atoms with Crippen LogP contribution in [0.4, 0.5) is 0 Å². The van der Waals surface area contributed by atoms with Gasteiger partial charge >= 0.3 is 0 Å². The van der Waals surface area contributed by atoms with Gasteiger partial charge in [-0.25, -0.2) is 0 Å². The van der Waals surface area contributed by atoms with E-state index in [0.717, 1.165) is 67.6 Å². The molecule has 4 aromatic rings. The standard InChI is InChI=1S/C23H25ClN2O.C21H23ClN2/c1-3-16-13-20-19(14-21(16)24)7-6-18-5-4-10-25-23(18)22(20)17-8-11-26(12-9-17)15(2)27;1-2-14-12-18-17(13-19(14)22)6-5-16-4-3-9-24-21(16)20(18)15-7-10-23-11-8-15/h4-7,10,13-14,17,22H,3,8-9,11-12H2,1-2H3;3-6,9,12-13,15,20,23H,2,7-8,10-11H2,1H3. The predicted molar refractivity (Wildman–Crippen MR) is 212 cm³/mol. The molecule has 2 aliphatic heterocycles. The van der Waals surface area contributed by atoms with E-state index in [4.69, 9.17) is 33.2 Å². The van der Waals surface area contributed by atoms with E-state index >= 15 is 0 Å². The predicted octanol–water partition coefficient (Wildman–Crippen LogP) is 10.1. The molecule has 5 nitrogen and oxygen atoms in total. The Morgan fingerprint density at radius 3 is 1.61 bits per heavy atom. The normalized spacial score (nSPS) is 19.8. The number of piperidine rings is 2. The van der Waals surface area contributed by atoms with Crippen molar-refractivity contribution < 1.29 is 4.79 Å². The van der Waals surface area contributed by atoms with Crippen LogP contribution in [0.3, 0.4) is 0 Å². The summed E-state index contributed by atoms with van der Waals surface area (Å²) in [6.07, 6.45) is 18.9. The molecule has 1 N–H and O–H groups in total. The molecule has 1 amide bonds. The third-order valence-corrected chi connectivity index (χ3v) is 12.2. The summed E-state index contributed by atoms with van der Waals surface area (Å²) in [5, 5.41) is 5.21. The van der Waals surface area contributed by atoms with Crippen LogP contribution in [0.15, 0.2) is 60.9 Å². The van der Waals surface area contributed by atoms with Crippen LogP contribution in [0.2, 0.25) is 10.0 Å². The van der Waals surface area contributed by atoms with E-state index < -0.39 is 0 Å². The molecule has 0 saturated carbocycles. The highest BCUT2D eigenvalue weighted by Crippen LogP contribution is 2.45. The lowest BCUT2D eigenvalue weighted by Crippen LogP contribution is -2.38. The monoisotopic (exact) mass is 718 g/mol. The van der Waals surface area contributed by atoms with Crippen molar-refractivity contribution in [1.29, 1.82) is 0 Å². The molecule has 2 unspecified atom stereocenters. The van der Waals surface area contributed by atoms with Crippen molar-refractivity contribution >= 4 is 53.4 Å². The first-order valence-electron chi connectivity index (χ1n) is 18.7. The Bertz CT molecular complexity index is 1950. The molecule has 264 valence electrons. The van der Waals surface area contributed by atoms with Gasteiger partial charge in [-0.05, 0) is 132 Å². The van der Waals surface area contributed by atoms with Crippen molar-refractivity contribution in [2.24, 2.45) is 11.8 Å². The maximum absolute atomic E-state index is 11.7. The fourth-order valence-corrected chi connectivity index (χ4v) is 9.28. The molecule has 0 spiro atoms. The summed E-state index contributed by atoms with van der Waals surface area (Å²) in [6.45, 7) is 9.84. The molecule has 7 heteroatoms. The molecule has 0 radical (unpaired) electrons. The Labute approximate surface area is 313 Å². The SMILES string of the molecule is CCc1cc2c(cc1Cl)C=Cc1cccnc1C2C1CCN(C(C)=O)CC1.CCc1cc2c(cc1Cl)C=Cc1cccnc1C2C1CCNCC1. The molecule has 2 saturated heterocycles. The molecule has 2 fully saturated rings. The van der Waals surface area contributed by atoms with Crippen molar-refractivity contribution in [1.82, 2.24) is 20.2 Å². The number of hydrogen-bond acceptors (Lipinski definition) is 4. The Hall–Kier alpha value is -3.77. The maximum atomic E-state index is 11.7. The second-order valence-electron chi connectivity index (χ2n) is 14.4. The van der Waals surface area contributed by atoms with Gasteiger partial charge in [-0.2, -0.15) is 0 Å². The Kier molecular flexibility index (Phi) is 11.1. The number of aryl methyl sites for hydroxylation is 2. The van der Waals surface area contributed by atoms with Crippen LogP contribution in [0.1, 0.15) is 114 Å². The first kappa shape index (κ1) is 35.6. The summed E-state index contributed by atoms with van der Waals surface area (Å²) >= 11 is 13.0. The van der Waals surface area contributed by atoms with Crippen molar-refractivity contribution in [2.75, 3.05) is 26.2 Å². The highest BCUT2D eigenvalue weighted by Gasteiger charge is 2.34. The molecular weight excluding hydrogens is 671 g/mol. The van der Waals surface area contributed by atoms with Crippen molar-refractivity contribution in [2.45, 2.75) is 71.1 Å². The van der Waals surface area contributed by atoms with Gasteiger partial charge in [0.05, 0.1) is 11.4 Å². The first-order valence-corrected chi connectivity index (χ1v) is 19.5. The lowest BCUT2D eigenvalue weighted by Gasteiger charge is -2.36. The number of aromatic nitrogens is 2. The Morgan fingerprint density at radius 2 is 1.16 bits per heavy atom. The van der Waals surface area contributed by atoms with Gasteiger partial charge in [0.2, 0.25) is 5.91 Å². The second-order valence-corrected chi connectivity index (χ2v) is 15.2. The Morgan fingerprint density at radius 1 is 0.706 bits per heavy atom. The van der Waals surface area contributed by atoms with Gasteiger partial charge in [-0.1, -0.05) is 85.6 Å². The number of hydrogen-bond donors (Lipinski definition) is 1. The maximum Gasteiger partial charge on any atom is 0.219 e. The van der Waals surface area contributed by atoms with E-state index in [1.54, 1.807) is 6.92 Å². The third kappa shape index (κ3) is 7.44. The summed E-state index contributed by atoms with van der Waals surface area (Å²) in [6, 6.07) is 17.2. The Balaban J connectivity index is 0.000000160. The number of carbonyl (C=O) groups is 1. The van der Waals surface area contributed by atoms with E-state index in [2.05, 4.69) is 79.9 Å². The van der Waals surface area contributed by atoms with Gasteiger partial charge in [0, 0.05) is 54.3 Å². The zero-order valence-electron chi connectivity index (χ0n) is 30.0. The largest absolute Gasteiger partial charge is 0.343 e. The van der Waals surface area contributed by atoms with Crippen LogP contribution in [0.5, 0.6) is 0 Å². The number of likely N-dealkylation sites (tertiary alicyclic amines) is 1. The average Bonchev–Trinajstić information content (AvgIpc) is 3.42. The molecule has 8 rings (SSSR count). The molecule has 2 aromatic heterocycles. The summed E-state index contributed by atoms with van der Waals surface area (Å²) in [5.41, 5.74) is 12.4. The van der Waals surface area contributed by atoms with Crippen LogP contribution >= 0.6 is 23.2 Å². The smallest absolute Gasteiger partial charge is 0.219 e. The lowest BCUT2D eigenvalue weighted by molar-refractivity contribution is -0.130. The minimum absolute atomic E-state index is 0.176. The fourth-order valence-electron chi connectivity index (χ4n) is 8.67. The highest BCUT2D eigenvalue weighted by atomic mass is 35.5. The zero-order valence-corrected chi connectivity index (χ0v) is 31.5. The van der Waals surface area contributed by atoms with Crippen molar-refractivity contribution in [3.8, 4) is 0 Å². The van der Waals surface area contributed by atoms with Crippen LogP contribution in [0.25, 0.3) is 24.3 Å². The number of fused-ring (bicyclic) bond motifs is 4. The number of nitrogens with zero attached hydrogens (tertiary/aromatic N) is 3. The van der Waals surface area contributed by atoms with Crippen molar-refractivity contribution in [3.05, 3.63) is 127 Å². The van der Waals surface area contributed by atoms with E-state index in [-0.39, 0.29) is 11.8 Å². The quantitative estimate of drug-likeness (QED) is 0.228. The number of amides is 1. The minimum atomic E-state index is 0.176. The van der Waals surface area contributed by atoms with Crippen LogP contribution in [-0.2, 0) is 17.6 Å². The van der Waals surface area contributed by atoms with E-state index in [1.807, 2.05) is 29.4 Å². The number of halogens is 2. The molecule has 4 aliphatic rings. The van der Waals surface area contributed by atoms with Gasteiger partial charge in [0.15, 0.2) is 0 Å². The number of benzene rings is 2. The number of rotatable bonds is 4. The van der Waals surface area contributed by atoms with Crippen LogP contribution in [0, 0.1) is 11.8 Å². The molecule has 4 heterocycles. The summed E-state index contributed by atoms with van der Waals surface area (Å²) in [4.78, 5) is 23.3. The molecule has 2 aromatic carbocycles. The minimum Gasteiger partial charge on any atom is -0.343 e. The second kappa shape index (κ2) is 15.9. The van der Waals surface area contributed by atoms with Gasteiger partial charge in [0.1, 0.15) is 0 Å². The fraction of sp³-hybridized carbons (Fsp3) is 0.386. The molecule has 2 aliphatic carbocycles. The average molecular weight is 720 g/mol. The summed E-state index contributed by atoms with van der Waals surface area (Å²) < 4.78 is 0.